The minimum absolute atomic E-state index is 0.0791. The van der Waals surface area contributed by atoms with Gasteiger partial charge in [-0.15, -0.1) is 11.8 Å². The van der Waals surface area contributed by atoms with Crippen molar-refractivity contribution < 1.29 is 9.53 Å². The van der Waals surface area contributed by atoms with Gasteiger partial charge in [0.1, 0.15) is 0 Å². The molecule has 1 aliphatic rings. The van der Waals surface area contributed by atoms with E-state index in [1.807, 2.05) is 66.4 Å². The molecule has 0 spiro atoms. The summed E-state index contributed by atoms with van der Waals surface area (Å²) in [5, 5.41) is 0. The summed E-state index contributed by atoms with van der Waals surface area (Å²) in [6.45, 7) is 4.84. The molecule has 1 fully saturated rings. The maximum absolute atomic E-state index is 12.4. The fourth-order valence-corrected chi connectivity index (χ4v) is 3.49. The normalized spacial score (nSPS) is 15.5. The van der Waals surface area contributed by atoms with Crippen molar-refractivity contribution in [3.8, 4) is 0 Å². The molecule has 3 rings (SSSR count). The Balaban J connectivity index is 1.51. The minimum Gasteiger partial charge on any atom is -0.379 e. The van der Waals surface area contributed by atoms with Crippen molar-refractivity contribution in [2.24, 2.45) is 0 Å². The Morgan fingerprint density at radius 3 is 2.30 bits per heavy atom. The topological polar surface area (TPSA) is 29.5 Å². The van der Waals surface area contributed by atoms with Crippen LogP contribution in [0.1, 0.15) is 15.9 Å². The zero-order chi connectivity index (χ0) is 15.9. The predicted molar refractivity (Wildman–Crippen MR) is 94.3 cm³/mol. The van der Waals surface area contributed by atoms with Crippen LogP contribution in [0.5, 0.6) is 0 Å². The molecule has 2 aromatic carbocycles. The van der Waals surface area contributed by atoms with Gasteiger partial charge in [0.05, 0.1) is 13.2 Å². The number of thioether (sulfide) groups is 1. The van der Waals surface area contributed by atoms with Crippen LogP contribution in [0.2, 0.25) is 0 Å². The van der Waals surface area contributed by atoms with Crippen LogP contribution in [0.4, 0.5) is 0 Å². The molecule has 1 saturated heterocycles. The highest BCUT2D eigenvalue weighted by molar-refractivity contribution is 7.99. The van der Waals surface area contributed by atoms with Crippen LogP contribution >= 0.6 is 11.8 Å². The van der Waals surface area contributed by atoms with E-state index in [0.717, 1.165) is 49.7 Å². The molecule has 120 valence electrons. The van der Waals surface area contributed by atoms with Crippen LogP contribution in [0.15, 0.2) is 59.5 Å². The molecule has 0 aliphatic carbocycles. The van der Waals surface area contributed by atoms with Gasteiger partial charge in [-0.3, -0.25) is 9.69 Å². The van der Waals surface area contributed by atoms with Crippen molar-refractivity contribution in [3.05, 3.63) is 65.7 Å². The number of rotatable bonds is 6. The quantitative estimate of drug-likeness (QED) is 0.601. The molecule has 0 aromatic heterocycles. The lowest BCUT2D eigenvalue weighted by Gasteiger charge is -2.26. The van der Waals surface area contributed by atoms with Crippen molar-refractivity contribution in [3.63, 3.8) is 0 Å². The van der Waals surface area contributed by atoms with Crippen LogP contribution in [0, 0.1) is 0 Å². The van der Waals surface area contributed by atoms with Crippen molar-refractivity contribution in [2.45, 2.75) is 4.90 Å². The second-order valence-corrected chi connectivity index (χ2v) is 6.69. The average molecular weight is 327 g/mol. The van der Waals surface area contributed by atoms with E-state index in [2.05, 4.69) is 4.90 Å². The van der Waals surface area contributed by atoms with E-state index in [4.69, 9.17) is 4.74 Å². The summed E-state index contributed by atoms with van der Waals surface area (Å²) in [5.74, 6) is 1.14. The highest BCUT2D eigenvalue weighted by Crippen LogP contribution is 2.20. The van der Waals surface area contributed by atoms with E-state index < -0.39 is 0 Å². The van der Waals surface area contributed by atoms with Crippen LogP contribution < -0.4 is 0 Å². The summed E-state index contributed by atoms with van der Waals surface area (Å²) in [7, 11) is 0. The SMILES string of the molecule is O=C(c1ccccc1)c1ccc(SCCN2CCOCC2)cc1. The Kier molecular flexibility index (Phi) is 5.86. The Morgan fingerprint density at radius 1 is 0.957 bits per heavy atom. The lowest BCUT2D eigenvalue weighted by molar-refractivity contribution is 0.0410. The Morgan fingerprint density at radius 2 is 1.61 bits per heavy atom. The standard InChI is InChI=1S/C19H21NO2S/c21-19(16-4-2-1-3-5-16)17-6-8-18(9-7-17)23-15-12-20-10-13-22-14-11-20/h1-9H,10-15H2. The number of ketones is 1. The Labute approximate surface area is 141 Å². The molecule has 23 heavy (non-hydrogen) atoms. The van der Waals surface area contributed by atoms with Crippen LogP contribution in [0.25, 0.3) is 0 Å². The predicted octanol–water partition coefficient (Wildman–Crippen LogP) is 3.34. The van der Waals surface area contributed by atoms with Crippen LogP contribution in [-0.4, -0.2) is 49.3 Å². The van der Waals surface area contributed by atoms with E-state index in [9.17, 15) is 4.79 Å². The van der Waals surface area contributed by atoms with Gasteiger partial charge in [-0.05, 0) is 24.3 Å². The summed E-state index contributed by atoms with van der Waals surface area (Å²) in [4.78, 5) is 16.0. The molecule has 1 heterocycles. The van der Waals surface area contributed by atoms with Gasteiger partial charge >= 0.3 is 0 Å². The molecule has 1 aliphatic heterocycles. The van der Waals surface area contributed by atoms with Crippen molar-refractivity contribution in [1.29, 1.82) is 0 Å². The molecule has 0 bridgehead atoms. The third-order valence-corrected chi connectivity index (χ3v) is 4.92. The van der Waals surface area contributed by atoms with Gasteiger partial charge in [0, 0.05) is 41.4 Å². The molecule has 0 N–H and O–H groups in total. The monoisotopic (exact) mass is 327 g/mol. The van der Waals surface area contributed by atoms with Crippen molar-refractivity contribution >= 4 is 17.5 Å². The zero-order valence-electron chi connectivity index (χ0n) is 13.1. The molecule has 4 heteroatoms. The van der Waals surface area contributed by atoms with Gasteiger partial charge in [-0.25, -0.2) is 0 Å². The molecule has 0 unspecified atom stereocenters. The van der Waals surface area contributed by atoms with Gasteiger partial charge in [-0.2, -0.15) is 0 Å². The summed E-state index contributed by atoms with van der Waals surface area (Å²) >= 11 is 1.84. The molecule has 0 amide bonds. The number of carbonyl (C=O) groups is 1. The smallest absolute Gasteiger partial charge is 0.193 e. The summed E-state index contributed by atoms with van der Waals surface area (Å²) in [6, 6.07) is 17.3. The first-order valence-electron chi connectivity index (χ1n) is 7.96. The number of benzene rings is 2. The molecule has 0 radical (unpaired) electrons. The molecule has 0 saturated carbocycles. The zero-order valence-corrected chi connectivity index (χ0v) is 13.9. The van der Waals surface area contributed by atoms with Gasteiger partial charge in [-0.1, -0.05) is 30.3 Å². The van der Waals surface area contributed by atoms with E-state index in [1.165, 1.54) is 4.90 Å². The van der Waals surface area contributed by atoms with Gasteiger partial charge < -0.3 is 4.74 Å². The number of ether oxygens (including phenoxy) is 1. The first-order valence-corrected chi connectivity index (χ1v) is 8.94. The van der Waals surface area contributed by atoms with Gasteiger partial charge in [0.15, 0.2) is 5.78 Å². The van der Waals surface area contributed by atoms with Crippen molar-refractivity contribution in [2.75, 3.05) is 38.6 Å². The van der Waals surface area contributed by atoms with E-state index in [1.54, 1.807) is 0 Å². The number of hydrogen-bond donors (Lipinski definition) is 0. The fourth-order valence-electron chi connectivity index (χ4n) is 2.58. The summed E-state index contributed by atoms with van der Waals surface area (Å²) in [6.07, 6.45) is 0. The maximum Gasteiger partial charge on any atom is 0.193 e. The molecule has 0 atom stereocenters. The number of carbonyl (C=O) groups excluding carboxylic acids is 1. The number of nitrogens with zero attached hydrogens (tertiary/aromatic N) is 1. The third-order valence-electron chi connectivity index (χ3n) is 3.93. The first-order chi connectivity index (χ1) is 11.3. The summed E-state index contributed by atoms with van der Waals surface area (Å²) < 4.78 is 5.36. The van der Waals surface area contributed by atoms with Crippen LogP contribution in [-0.2, 0) is 4.74 Å². The Bertz CT molecular complexity index is 622. The second-order valence-electron chi connectivity index (χ2n) is 5.52. The Hall–Kier alpha value is -1.62. The van der Waals surface area contributed by atoms with E-state index in [-0.39, 0.29) is 5.78 Å². The van der Waals surface area contributed by atoms with E-state index in [0.29, 0.717) is 0 Å². The third kappa shape index (κ3) is 4.67. The van der Waals surface area contributed by atoms with E-state index >= 15 is 0 Å². The van der Waals surface area contributed by atoms with Crippen molar-refractivity contribution in [1.82, 2.24) is 4.90 Å². The molecular weight excluding hydrogens is 306 g/mol. The highest BCUT2D eigenvalue weighted by atomic mass is 32.2. The number of hydrogen-bond acceptors (Lipinski definition) is 4. The molecule has 2 aromatic rings. The maximum atomic E-state index is 12.4. The van der Waals surface area contributed by atoms with Gasteiger partial charge in [0.2, 0.25) is 0 Å². The lowest BCUT2D eigenvalue weighted by Crippen LogP contribution is -2.37. The largest absolute Gasteiger partial charge is 0.379 e. The molecular formula is C19H21NO2S. The highest BCUT2D eigenvalue weighted by Gasteiger charge is 2.10. The first kappa shape index (κ1) is 16.2. The average Bonchev–Trinajstić information content (AvgIpc) is 2.63. The fraction of sp³-hybridized carbons (Fsp3) is 0.316. The van der Waals surface area contributed by atoms with Crippen LogP contribution in [0.3, 0.4) is 0 Å². The van der Waals surface area contributed by atoms with Gasteiger partial charge in [0.25, 0.3) is 0 Å². The molecule has 3 nitrogen and oxygen atoms in total. The lowest BCUT2D eigenvalue weighted by atomic mass is 10.0. The number of morpholine rings is 1. The second kappa shape index (κ2) is 8.29. The minimum atomic E-state index is 0.0791. The summed E-state index contributed by atoms with van der Waals surface area (Å²) in [5.41, 5.74) is 1.48.